The molecule has 4 nitrogen and oxygen atoms in total. The molecule has 0 fully saturated rings. The second kappa shape index (κ2) is 7.64. The summed E-state index contributed by atoms with van der Waals surface area (Å²) in [6, 6.07) is 12.1. The van der Waals surface area contributed by atoms with Gasteiger partial charge in [0.25, 0.3) is 0 Å². The van der Waals surface area contributed by atoms with Gasteiger partial charge in [-0.2, -0.15) is 0 Å². The summed E-state index contributed by atoms with van der Waals surface area (Å²) in [6.07, 6.45) is 2.73. The van der Waals surface area contributed by atoms with Crippen molar-refractivity contribution in [3.63, 3.8) is 0 Å². The average molecular weight is 286 g/mol. The fraction of sp³-hybridized carbons (Fsp3) is 0.353. The van der Waals surface area contributed by atoms with Gasteiger partial charge in [0.2, 0.25) is 0 Å². The quantitative estimate of drug-likeness (QED) is 0.849. The smallest absolute Gasteiger partial charge is 0.127 e. The van der Waals surface area contributed by atoms with Crippen molar-refractivity contribution >= 4 is 0 Å². The van der Waals surface area contributed by atoms with E-state index in [1.807, 2.05) is 42.6 Å². The summed E-state index contributed by atoms with van der Waals surface area (Å²) in [5.74, 6) is 1.64. The molecule has 21 heavy (non-hydrogen) atoms. The molecule has 0 spiro atoms. The third-order valence-electron chi connectivity index (χ3n) is 3.46. The number of methoxy groups -OCH3 is 2. The molecule has 4 heteroatoms. The van der Waals surface area contributed by atoms with E-state index in [0.717, 1.165) is 35.7 Å². The topological polar surface area (TPSA) is 43.4 Å². The molecule has 0 saturated carbocycles. The van der Waals surface area contributed by atoms with Gasteiger partial charge in [-0.25, -0.2) is 0 Å². The van der Waals surface area contributed by atoms with Crippen molar-refractivity contribution in [2.45, 2.75) is 19.4 Å². The Labute approximate surface area is 126 Å². The van der Waals surface area contributed by atoms with Crippen molar-refractivity contribution < 1.29 is 9.47 Å². The van der Waals surface area contributed by atoms with E-state index in [1.54, 1.807) is 14.2 Å². The SMILES string of the molecule is COc1ccc(C(C)NCCc2ccccn2)c(OC)c1. The molecule has 2 rings (SSSR count). The lowest BCUT2D eigenvalue weighted by molar-refractivity contribution is 0.386. The van der Waals surface area contributed by atoms with Crippen LogP contribution in [0, 0.1) is 0 Å². The number of benzene rings is 1. The molecule has 0 saturated heterocycles. The standard InChI is InChI=1S/C17H22N2O2/c1-13(18-11-9-14-6-4-5-10-19-14)16-8-7-15(20-2)12-17(16)21-3/h4-8,10,12-13,18H,9,11H2,1-3H3. The van der Waals surface area contributed by atoms with E-state index < -0.39 is 0 Å². The van der Waals surface area contributed by atoms with Crippen molar-refractivity contribution in [3.8, 4) is 11.5 Å². The predicted octanol–water partition coefficient (Wildman–Crippen LogP) is 2.99. The Balaban J connectivity index is 1.95. The number of nitrogens with one attached hydrogen (secondary N) is 1. The molecular formula is C17H22N2O2. The number of hydrogen-bond donors (Lipinski definition) is 1. The van der Waals surface area contributed by atoms with E-state index in [2.05, 4.69) is 17.2 Å². The minimum absolute atomic E-state index is 0.203. The third-order valence-corrected chi connectivity index (χ3v) is 3.46. The fourth-order valence-electron chi connectivity index (χ4n) is 2.25. The van der Waals surface area contributed by atoms with Gasteiger partial charge in [0, 0.05) is 42.5 Å². The molecule has 0 aliphatic carbocycles. The van der Waals surface area contributed by atoms with E-state index in [-0.39, 0.29) is 6.04 Å². The molecule has 0 aliphatic rings. The minimum Gasteiger partial charge on any atom is -0.497 e. The molecule has 1 heterocycles. The summed E-state index contributed by atoms with van der Waals surface area (Å²) in [5.41, 5.74) is 2.22. The number of pyridine rings is 1. The second-order valence-electron chi connectivity index (χ2n) is 4.85. The van der Waals surface area contributed by atoms with Gasteiger partial charge >= 0.3 is 0 Å². The van der Waals surface area contributed by atoms with Crippen molar-refractivity contribution in [2.75, 3.05) is 20.8 Å². The Kier molecular flexibility index (Phi) is 5.58. The van der Waals surface area contributed by atoms with Gasteiger partial charge in [-0.05, 0) is 25.1 Å². The molecule has 2 aromatic rings. The molecular weight excluding hydrogens is 264 g/mol. The monoisotopic (exact) mass is 286 g/mol. The number of nitrogens with zero attached hydrogens (tertiary/aromatic N) is 1. The van der Waals surface area contributed by atoms with E-state index in [1.165, 1.54) is 0 Å². The summed E-state index contributed by atoms with van der Waals surface area (Å²) < 4.78 is 10.7. The summed E-state index contributed by atoms with van der Waals surface area (Å²) in [6.45, 7) is 3.00. The maximum atomic E-state index is 5.44. The van der Waals surface area contributed by atoms with E-state index >= 15 is 0 Å². The van der Waals surface area contributed by atoms with Gasteiger partial charge in [-0.1, -0.05) is 12.1 Å². The highest BCUT2D eigenvalue weighted by molar-refractivity contribution is 5.42. The minimum atomic E-state index is 0.203. The van der Waals surface area contributed by atoms with Crippen LogP contribution in [-0.4, -0.2) is 25.7 Å². The Morgan fingerprint density at radius 1 is 1.14 bits per heavy atom. The van der Waals surface area contributed by atoms with Crippen LogP contribution in [-0.2, 0) is 6.42 Å². The van der Waals surface area contributed by atoms with Gasteiger partial charge in [0.05, 0.1) is 14.2 Å². The molecule has 1 unspecified atom stereocenters. The Hall–Kier alpha value is -2.07. The first-order valence-corrected chi connectivity index (χ1v) is 7.10. The lowest BCUT2D eigenvalue weighted by Gasteiger charge is -2.18. The molecule has 0 amide bonds. The van der Waals surface area contributed by atoms with Crippen LogP contribution in [0.2, 0.25) is 0 Å². The summed E-state index contributed by atoms with van der Waals surface area (Å²) in [5, 5.41) is 3.50. The Morgan fingerprint density at radius 2 is 2.00 bits per heavy atom. The number of ether oxygens (including phenoxy) is 2. The van der Waals surface area contributed by atoms with Crippen LogP contribution in [0.1, 0.15) is 24.2 Å². The molecule has 0 aliphatic heterocycles. The van der Waals surface area contributed by atoms with Gasteiger partial charge in [-0.3, -0.25) is 4.98 Å². The van der Waals surface area contributed by atoms with Crippen LogP contribution in [0.4, 0.5) is 0 Å². The predicted molar refractivity (Wildman–Crippen MR) is 83.9 cm³/mol. The zero-order valence-corrected chi connectivity index (χ0v) is 12.8. The van der Waals surface area contributed by atoms with Crippen LogP contribution in [0.25, 0.3) is 0 Å². The highest BCUT2D eigenvalue weighted by atomic mass is 16.5. The molecule has 1 aromatic heterocycles. The second-order valence-corrected chi connectivity index (χ2v) is 4.85. The number of hydrogen-bond acceptors (Lipinski definition) is 4. The third kappa shape index (κ3) is 4.20. The van der Waals surface area contributed by atoms with Crippen LogP contribution < -0.4 is 14.8 Å². The average Bonchev–Trinajstić information content (AvgIpc) is 2.55. The molecule has 1 N–H and O–H groups in total. The van der Waals surface area contributed by atoms with Gasteiger partial charge in [0.15, 0.2) is 0 Å². The van der Waals surface area contributed by atoms with Gasteiger partial charge in [0.1, 0.15) is 11.5 Å². The van der Waals surface area contributed by atoms with Crippen LogP contribution in [0.5, 0.6) is 11.5 Å². The van der Waals surface area contributed by atoms with E-state index in [9.17, 15) is 0 Å². The summed E-state index contributed by atoms with van der Waals surface area (Å²) >= 11 is 0. The first-order valence-electron chi connectivity index (χ1n) is 7.10. The van der Waals surface area contributed by atoms with Crippen molar-refractivity contribution in [1.82, 2.24) is 10.3 Å². The summed E-state index contributed by atoms with van der Waals surface area (Å²) in [4.78, 5) is 4.32. The normalized spacial score (nSPS) is 12.0. The molecule has 1 aromatic carbocycles. The van der Waals surface area contributed by atoms with Crippen LogP contribution >= 0.6 is 0 Å². The first-order chi connectivity index (χ1) is 10.2. The largest absolute Gasteiger partial charge is 0.497 e. The van der Waals surface area contributed by atoms with Gasteiger partial charge < -0.3 is 14.8 Å². The highest BCUT2D eigenvalue weighted by Gasteiger charge is 2.11. The fourth-order valence-corrected chi connectivity index (χ4v) is 2.25. The highest BCUT2D eigenvalue weighted by Crippen LogP contribution is 2.29. The van der Waals surface area contributed by atoms with Crippen molar-refractivity contribution in [3.05, 3.63) is 53.9 Å². The number of aromatic nitrogens is 1. The summed E-state index contributed by atoms with van der Waals surface area (Å²) in [7, 11) is 3.34. The molecule has 112 valence electrons. The molecule has 0 radical (unpaired) electrons. The lowest BCUT2D eigenvalue weighted by atomic mass is 10.1. The zero-order valence-electron chi connectivity index (χ0n) is 12.8. The van der Waals surface area contributed by atoms with Crippen LogP contribution in [0.3, 0.4) is 0 Å². The maximum absolute atomic E-state index is 5.44. The van der Waals surface area contributed by atoms with E-state index in [4.69, 9.17) is 9.47 Å². The Morgan fingerprint density at radius 3 is 2.67 bits per heavy atom. The van der Waals surface area contributed by atoms with Crippen molar-refractivity contribution in [2.24, 2.45) is 0 Å². The first kappa shape index (κ1) is 15.3. The van der Waals surface area contributed by atoms with Gasteiger partial charge in [-0.15, -0.1) is 0 Å². The Bertz CT molecular complexity index is 558. The maximum Gasteiger partial charge on any atom is 0.127 e. The van der Waals surface area contributed by atoms with E-state index in [0.29, 0.717) is 0 Å². The zero-order chi connectivity index (χ0) is 15.1. The molecule has 0 bridgehead atoms. The lowest BCUT2D eigenvalue weighted by Crippen LogP contribution is -2.22. The molecule has 1 atom stereocenters. The van der Waals surface area contributed by atoms with Crippen LogP contribution in [0.15, 0.2) is 42.6 Å². The number of rotatable bonds is 7. The van der Waals surface area contributed by atoms with Crippen molar-refractivity contribution in [1.29, 1.82) is 0 Å².